The molecular weight excluding hydrogens is 172 g/mol. The lowest BCUT2D eigenvalue weighted by atomic mass is 9.66. The Morgan fingerprint density at radius 2 is 1.79 bits per heavy atom. The third-order valence-electron chi connectivity index (χ3n) is 4.82. The van der Waals surface area contributed by atoms with Crippen molar-refractivity contribution < 1.29 is 0 Å². The fourth-order valence-electron chi connectivity index (χ4n) is 3.77. The fraction of sp³-hybridized carbons (Fsp3) is 1.00. The number of fused-ring (bicyclic) bond motifs is 2. The molecule has 4 rings (SSSR count). The van der Waals surface area contributed by atoms with Gasteiger partial charge in [0.25, 0.3) is 0 Å². The monoisotopic (exact) mass is 194 g/mol. The largest absolute Gasteiger partial charge is 0.327 e. The van der Waals surface area contributed by atoms with E-state index in [2.05, 4.69) is 11.8 Å². The summed E-state index contributed by atoms with van der Waals surface area (Å²) in [4.78, 5) is 2.74. The third kappa shape index (κ3) is 1.31. The lowest BCUT2D eigenvalue weighted by Crippen LogP contribution is -2.63. The van der Waals surface area contributed by atoms with Gasteiger partial charge in [-0.25, -0.2) is 0 Å². The minimum atomic E-state index is 0.546. The number of hydrogen-bond donors (Lipinski definition) is 1. The molecule has 4 fully saturated rings. The van der Waals surface area contributed by atoms with Crippen molar-refractivity contribution in [3.8, 4) is 0 Å². The molecule has 14 heavy (non-hydrogen) atoms. The summed E-state index contributed by atoms with van der Waals surface area (Å²) in [5, 5.41) is 0. The number of nitrogens with zero attached hydrogens (tertiary/aromatic N) is 1. The zero-order valence-electron chi connectivity index (χ0n) is 9.15. The molecule has 80 valence electrons. The van der Waals surface area contributed by atoms with Gasteiger partial charge in [-0.3, -0.25) is 4.90 Å². The Morgan fingerprint density at radius 1 is 1.07 bits per heavy atom. The molecule has 2 N–H and O–H groups in total. The van der Waals surface area contributed by atoms with E-state index < -0.39 is 0 Å². The Morgan fingerprint density at radius 3 is 2.29 bits per heavy atom. The Hall–Kier alpha value is -0.0800. The highest BCUT2D eigenvalue weighted by molar-refractivity contribution is 5.01. The first-order valence-electron chi connectivity index (χ1n) is 6.23. The van der Waals surface area contributed by atoms with Gasteiger partial charge in [-0.15, -0.1) is 0 Å². The summed E-state index contributed by atoms with van der Waals surface area (Å²) < 4.78 is 0. The second kappa shape index (κ2) is 3.21. The van der Waals surface area contributed by atoms with Crippen molar-refractivity contribution in [1.82, 2.24) is 4.90 Å². The van der Waals surface area contributed by atoms with Crippen molar-refractivity contribution in [2.45, 2.75) is 44.7 Å². The predicted molar refractivity (Wildman–Crippen MR) is 57.9 cm³/mol. The summed E-state index contributed by atoms with van der Waals surface area (Å²) in [6.45, 7) is 5.00. The van der Waals surface area contributed by atoms with Crippen LogP contribution in [0.25, 0.3) is 0 Å². The summed E-state index contributed by atoms with van der Waals surface area (Å²) in [5.74, 6) is 2.64. The van der Waals surface area contributed by atoms with Crippen molar-refractivity contribution >= 4 is 0 Å². The summed E-state index contributed by atoms with van der Waals surface area (Å²) in [7, 11) is 0. The van der Waals surface area contributed by atoms with Gasteiger partial charge in [0, 0.05) is 25.2 Å². The topological polar surface area (TPSA) is 29.3 Å². The van der Waals surface area contributed by atoms with Crippen LogP contribution in [0.2, 0.25) is 0 Å². The van der Waals surface area contributed by atoms with Gasteiger partial charge in [-0.05, 0) is 43.4 Å². The molecule has 0 amide bonds. The molecule has 0 radical (unpaired) electrons. The lowest BCUT2D eigenvalue weighted by molar-refractivity contribution is -0.0189. The van der Waals surface area contributed by atoms with E-state index in [4.69, 9.17) is 5.73 Å². The van der Waals surface area contributed by atoms with Crippen LogP contribution in [0.5, 0.6) is 0 Å². The number of rotatable bonds is 1. The molecule has 2 saturated carbocycles. The van der Waals surface area contributed by atoms with Crippen molar-refractivity contribution in [3.05, 3.63) is 0 Å². The highest BCUT2D eigenvalue weighted by atomic mass is 15.2. The van der Waals surface area contributed by atoms with Crippen LogP contribution >= 0.6 is 0 Å². The summed E-state index contributed by atoms with van der Waals surface area (Å²) in [6, 6.07) is 1.45. The molecule has 2 aliphatic carbocycles. The molecule has 0 spiro atoms. The standard InChI is InChI=1S/C12H22N2/c1-8-2-3-11(4-8)14-6-9-5-10(7-14)12(9)13/h8-12H,2-7,13H2,1H3. The van der Waals surface area contributed by atoms with Gasteiger partial charge in [0.2, 0.25) is 0 Å². The maximum Gasteiger partial charge on any atom is 0.0120 e. The van der Waals surface area contributed by atoms with Crippen LogP contribution in [0.1, 0.15) is 32.6 Å². The predicted octanol–water partition coefficient (Wildman–Crippen LogP) is 1.45. The molecule has 2 aliphatic heterocycles. The minimum Gasteiger partial charge on any atom is -0.327 e. The van der Waals surface area contributed by atoms with Gasteiger partial charge in [0.05, 0.1) is 0 Å². The number of nitrogens with two attached hydrogens (primary N) is 1. The molecule has 2 bridgehead atoms. The molecule has 2 nitrogen and oxygen atoms in total. The van der Waals surface area contributed by atoms with E-state index in [-0.39, 0.29) is 0 Å². The molecule has 0 aromatic heterocycles. The van der Waals surface area contributed by atoms with Crippen LogP contribution in [0.4, 0.5) is 0 Å². The highest BCUT2D eigenvalue weighted by Crippen LogP contribution is 2.41. The third-order valence-corrected chi connectivity index (χ3v) is 4.82. The zero-order valence-corrected chi connectivity index (χ0v) is 9.15. The Balaban J connectivity index is 1.60. The Bertz CT molecular complexity index is 216. The molecule has 4 aliphatic rings. The minimum absolute atomic E-state index is 0.546. The van der Waals surface area contributed by atoms with Gasteiger partial charge in [-0.1, -0.05) is 6.92 Å². The first kappa shape index (κ1) is 9.17. The molecule has 0 aromatic rings. The van der Waals surface area contributed by atoms with Crippen molar-refractivity contribution in [2.24, 2.45) is 23.5 Å². The SMILES string of the molecule is CC1CCC(N2CC3CC(C2)C3N)C1. The zero-order chi connectivity index (χ0) is 9.71. The first-order chi connectivity index (χ1) is 6.74. The van der Waals surface area contributed by atoms with E-state index in [0.717, 1.165) is 23.8 Å². The fourth-order valence-corrected chi connectivity index (χ4v) is 3.77. The average molecular weight is 194 g/mol. The summed E-state index contributed by atoms with van der Waals surface area (Å²) in [6.07, 6.45) is 5.74. The molecule has 4 unspecified atom stereocenters. The van der Waals surface area contributed by atoms with Crippen LogP contribution < -0.4 is 5.73 Å². The van der Waals surface area contributed by atoms with E-state index in [1.165, 1.54) is 38.8 Å². The van der Waals surface area contributed by atoms with Crippen LogP contribution in [0.3, 0.4) is 0 Å². The van der Waals surface area contributed by atoms with Gasteiger partial charge in [-0.2, -0.15) is 0 Å². The van der Waals surface area contributed by atoms with Crippen molar-refractivity contribution in [1.29, 1.82) is 0 Å². The normalized spacial score (nSPS) is 53.1. The molecule has 2 heterocycles. The Labute approximate surface area is 86.8 Å². The van der Waals surface area contributed by atoms with Gasteiger partial charge in [0.15, 0.2) is 0 Å². The van der Waals surface area contributed by atoms with Crippen LogP contribution in [-0.4, -0.2) is 30.1 Å². The quantitative estimate of drug-likeness (QED) is 0.684. The summed E-state index contributed by atoms with van der Waals surface area (Å²) >= 11 is 0. The first-order valence-corrected chi connectivity index (χ1v) is 6.23. The average Bonchev–Trinajstić information content (AvgIpc) is 2.64. The van der Waals surface area contributed by atoms with E-state index in [0.29, 0.717) is 6.04 Å². The highest BCUT2D eigenvalue weighted by Gasteiger charge is 2.46. The molecule has 0 aromatic carbocycles. The van der Waals surface area contributed by atoms with E-state index in [9.17, 15) is 0 Å². The lowest BCUT2D eigenvalue weighted by Gasteiger charge is -2.53. The second-order valence-corrected chi connectivity index (χ2v) is 5.86. The molecular formula is C12H22N2. The van der Waals surface area contributed by atoms with Crippen molar-refractivity contribution in [2.75, 3.05) is 13.1 Å². The van der Waals surface area contributed by atoms with E-state index in [1.54, 1.807) is 0 Å². The maximum atomic E-state index is 6.09. The number of hydrogen-bond acceptors (Lipinski definition) is 2. The van der Waals surface area contributed by atoms with Crippen LogP contribution in [0.15, 0.2) is 0 Å². The second-order valence-electron chi connectivity index (χ2n) is 5.86. The van der Waals surface area contributed by atoms with E-state index in [1.807, 2.05) is 0 Å². The maximum absolute atomic E-state index is 6.09. The van der Waals surface area contributed by atoms with Gasteiger partial charge < -0.3 is 5.73 Å². The van der Waals surface area contributed by atoms with Crippen LogP contribution in [0, 0.1) is 17.8 Å². The van der Waals surface area contributed by atoms with Crippen LogP contribution in [-0.2, 0) is 0 Å². The summed E-state index contributed by atoms with van der Waals surface area (Å²) in [5.41, 5.74) is 6.09. The van der Waals surface area contributed by atoms with E-state index >= 15 is 0 Å². The molecule has 4 atom stereocenters. The van der Waals surface area contributed by atoms with Crippen molar-refractivity contribution in [3.63, 3.8) is 0 Å². The smallest absolute Gasteiger partial charge is 0.0120 e. The number of piperidine rings is 2. The van der Waals surface area contributed by atoms with Gasteiger partial charge >= 0.3 is 0 Å². The molecule has 2 saturated heterocycles. The molecule has 2 heteroatoms. The van der Waals surface area contributed by atoms with Gasteiger partial charge in [0.1, 0.15) is 0 Å². The Kier molecular flexibility index (Phi) is 2.10.